The molecular weight excluding hydrogens is 164 g/mol. The van der Waals surface area contributed by atoms with Crippen molar-refractivity contribution in [1.29, 1.82) is 0 Å². The van der Waals surface area contributed by atoms with Crippen molar-refractivity contribution in [1.82, 2.24) is 0 Å². The molecule has 0 atom stereocenters. The van der Waals surface area contributed by atoms with Crippen LogP contribution >= 0.6 is 0 Å². The first-order chi connectivity index (χ1) is 6.22. The number of aromatic hydroxyl groups is 1. The minimum absolute atomic E-state index is 0.293. The number of rotatable bonds is 3. The SMILES string of the molecule is COC/C(C)=C\c1ccc(O)cc1. The van der Waals surface area contributed by atoms with Gasteiger partial charge in [-0.2, -0.15) is 0 Å². The summed E-state index contributed by atoms with van der Waals surface area (Å²) >= 11 is 0. The summed E-state index contributed by atoms with van der Waals surface area (Å²) in [7, 11) is 1.67. The fourth-order valence-electron chi connectivity index (χ4n) is 1.12. The molecule has 0 radical (unpaired) electrons. The Kier molecular flexibility index (Phi) is 3.53. The Hall–Kier alpha value is -1.28. The van der Waals surface area contributed by atoms with Gasteiger partial charge in [0.1, 0.15) is 5.75 Å². The molecule has 0 unspecified atom stereocenters. The van der Waals surface area contributed by atoms with Crippen LogP contribution < -0.4 is 0 Å². The van der Waals surface area contributed by atoms with Gasteiger partial charge in [0, 0.05) is 7.11 Å². The number of benzene rings is 1. The van der Waals surface area contributed by atoms with Crippen LogP contribution in [-0.4, -0.2) is 18.8 Å². The monoisotopic (exact) mass is 178 g/mol. The molecule has 70 valence electrons. The standard InChI is InChI=1S/C11H14O2/c1-9(8-13-2)7-10-3-5-11(12)6-4-10/h3-7,12H,8H2,1-2H3/b9-7-. The van der Waals surface area contributed by atoms with Crippen molar-refractivity contribution in [3.05, 3.63) is 35.4 Å². The van der Waals surface area contributed by atoms with Crippen LogP contribution in [0.4, 0.5) is 0 Å². The smallest absolute Gasteiger partial charge is 0.115 e. The van der Waals surface area contributed by atoms with E-state index < -0.39 is 0 Å². The average molecular weight is 178 g/mol. The first-order valence-corrected chi connectivity index (χ1v) is 4.17. The molecule has 0 saturated heterocycles. The Morgan fingerprint density at radius 3 is 2.54 bits per heavy atom. The van der Waals surface area contributed by atoms with Gasteiger partial charge in [0.2, 0.25) is 0 Å². The zero-order valence-corrected chi connectivity index (χ0v) is 7.95. The normalized spacial score (nSPS) is 11.7. The van der Waals surface area contributed by atoms with Gasteiger partial charge < -0.3 is 9.84 Å². The van der Waals surface area contributed by atoms with E-state index in [0.717, 1.165) is 11.1 Å². The number of methoxy groups -OCH3 is 1. The highest BCUT2D eigenvalue weighted by molar-refractivity contribution is 5.53. The van der Waals surface area contributed by atoms with Gasteiger partial charge in [-0.1, -0.05) is 18.2 Å². The molecule has 1 rings (SSSR count). The molecule has 2 heteroatoms. The van der Waals surface area contributed by atoms with Gasteiger partial charge in [0.25, 0.3) is 0 Å². The lowest BCUT2D eigenvalue weighted by molar-refractivity contribution is 0.226. The van der Waals surface area contributed by atoms with E-state index >= 15 is 0 Å². The fraction of sp³-hybridized carbons (Fsp3) is 0.273. The van der Waals surface area contributed by atoms with Crippen LogP contribution in [0.1, 0.15) is 12.5 Å². The quantitative estimate of drug-likeness (QED) is 0.770. The van der Waals surface area contributed by atoms with E-state index in [9.17, 15) is 0 Å². The summed E-state index contributed by atoms with van der Waals surface area (Å²) in [6, 6.07) is 7.08. The van der Waals surface area contributed by atoms with E-state index in [-0.39, 0.29) is 0 Å². The molecule has 0 aliphatic carbocycles. The fourth-order valence-corrected chi connectivity index (χ4v) is 1.12. The van der Waals surface area contributed by atoms with Gasteiger partial charge in [-0.15, -0.1) is 0 Å². The van der Waals surface area contributed by atoms with Gasteiger partial charge in [-0.25, -0.2) is 0 Å². The Labute approximate surface area is 78.5 Å². The molecule has 0 aliphatic rings. The van der Waals surface area contributed by atoms with Crippen LogP contribution in [0.15, 0.2) is 29.8 Å². The molecular formula is C11H14O2. The van der Waals surface area contributed by atoms with Crippen molar-refractivity contribution < 1.29 is 9.84 Å². The van der Waals surface area contributed by atoms with Crippen molar-refractivity contribution in [2.75, 3.05) is 13.7 Å². The second-order valence-electron chi connectivity index (χ2n) is 3.02. The zero-order valence-electron chi connectivity index (χ0n) is 7.95. The molecule has 0 bridgehead atoms. The molecule has 0 heterocycles. The van der Waals surface area contributed by atoms with Crippen LogP contribution in [0.3, 0.4) is 0 Å². The maximum atomic E-state index is 9.05. The topological polar surface area (TPSA) is 29.5 Å². The predicted octanol–water partition coefficient (Wildman–Crippen LogP) is 2.44. The third-order valence-electron chi connectivity index (χ3n) is 1.68. The molecule has 1 N–H and O–H groups in total. The molecule has 0 spiro atoms. The molecule has 2 nitrogen and oxygen atoms in total. The minimum Gasteiger partial charge on any atom is -0.508 e. The second-order valence-corrected chi connectivity index (χ2v) is 3.02. The number of hydrogen-bond acceptors (Lipinski definition) is 2. The highest BCUT2D eigenvalue weighted by Gasteiger charge is 1.91. The van der Waals surface area contributed by atoms with E-state index in [2.05, 4.69) is 0 Å². The Morgan fingerprint density at radius 2 is 2.00 bits per heavy atom. The van der Waals surface area contributed by atoms with Crippen molar-refractivity contribution in [3.63, 3.8) is 0 Å². The third-order valence-corrected chi connectivity index (χ3v) is 1.68. The van der Waals surface area contributed by atoms with Gasteiger partial charge >= 0.3 is 0 Å². The van der Waals surface area contributed by atoms with Crippen LogP contribution in [0.5, 0.6) is 5.75 Å². The highest BCUT2D eigenvalue weighted by atomic mass is 16.5. The van der Waals surface area contributed by atoms with Gasteiger partial charge in [-0.3, -0.25) is 0 Å². The lowest BCUT2D eigenvalue weighted by atomic mass is 10.1. The molecule has 1 aromatic carbocycles. The van der Waals surface area contributed by atoms with E-state index in [1.165, 1.54) is 0 Å². The number of phenols is 1. The number of hydrogen-bond donors (Lipinski definition) is 1. The summed E-state index contributed by atoms with van der Waals surface area (Å²) < 4.78 is 4.98. The van der Waals surface area contributed by atoms with Crippen molar-refractivity contribution in [3.8, 4) is 5.75 Å². The summed E-state index contributed by atoms with van der Waals surface area (Å²) in [4.78, 5) is 0. The van der Waals surface area contributed by atoms with Crippen molar-refractivity contribution in [2.45, 2.75) is 6.92 Å². The minimum atomic E-state index is 0.293. The Balaban J connectivity index is 2.73. The van der Waals surface area contributed by atoms with Crippen LogP contribution in [0.25, 0.3) is 6.08 Å². The van der Waals surface area contributed by atoms with Gasteiger partial charge in [0.15, 0.2) is 0 Å². The first-order valence-electron chi connectivity index (χ1n) is 4.17. The van der Waals surface area contributed by atoms with Gasteiger partial charge in [0.05, 0.1) is 6.61 Å². The third kappa shape index (κ3) is 3.30. The molecule has 1 aromatic rings. The summed E-state index contributed by atoms with van der Waals surface area (Å²) in [5.41, 5.74) is 2.24. The lowest BCUT2D eigenvalue weighted by Crippen LogP contribution is -1.88. The summed E-state index contributed by atoms with van der Waals surface area (Å²) in [5.74, 6) is 0.293. The lowest BCUT2D eigenvalue weighted by Gasteiger charge is -1.99. The van der Waals surface area contributed by atoms with E-state index in [1.807, 2.05) is 25.1 Å². The van der Waals surface area contributed by atoms with Crippen molar-refractivity contribution in [2.24, 2.45) is 0 Å². The van der Waals surface area contributed by atoms with Crippen LogP contribution in [0.2, 0.25) is 0 Å². The molecule has 0 aliphatic heterocycles. The molecule has 0 fully saturated rings. The summed E-state index contributed by atoms with van der Waals surface area (Å²) in [6.45, 7) is 2.65. The summed E-state index contributed by atoms with van der Waals surface area (Å²) in [6.07, 6.45) is 2.03. The molecule has 13 heavy (non-hydrogen) atoms. The van der Waals surface area contributed by atoms with Gasteiger partial charge in [-0.05, 0) is 30.2 Å². The molecule has 0 saturated carbocycles. The first kappa shape index (κ1) is 9.81. The predicted molar refractivity (Wildman–Crippen MR) is 53.6 cm³/mol. The largest absolute Gasteiger partial charge is 0.508 e. The van der Waals surface area contributed by atoms with Crippen molar-refractivity contribution >= 4 is 6.08 Å². The molecule has 0 aromatic heterocycles. The Bertz CT molecular complexity index is 285. The zero-order chi connectivity index (χ0) is 9.68. The van der Waals surface area contributed by atoms with E-state index in [1.54, 1.807) is 19.2 Å². The second kappa shape index (κ2) is 4.67. The van der Waals surface area contributed by atoms with Crippen LogP contribution in [0, 0.1) is 0 Å². The van der Waals surface area contributed by atoms with E-state index in [4.69, 9.17) is 9.84 Å². The maximum absolute atomic E-state index is 9.05. The van der Waals surface area contributed by atoms with E-state index in [0.29, 0.717) is 12.4 Å². The molecule has 0 amide bonds. The highest BCUT2D eigenvalue weighted by Crippen LogP contribution is 2.12. The maximum Gasteiger partial charge on any atom is 0.115 e. The summed E-state index contributed by atoms with van der Waals surface area (Å²) in [5, 5.41) is 9.05. The number of ether oxygens (including phenoxy) is 1. The Morgan fingerprint density at radius 1 is 1.38 bits per heavy atom. The number of phenolic OH excluding ortho intramolecular Hbond substituents is 1. The average Bonchev–Trinajstić information content (AvgIpc) is 2.09. The van der Waals surface area contributed by atoms with Crippen LogP contribution in [-0.2, 0) is 4.74 Å².